The molecular weight excluding hydrogens is 897 g/mol. The SMILES string of the molecule is CC(C)(C)[Si](C)(C)O[C@@H]1Cc2ccccc2[C@@H]1NC(=O)[C@H](OCc1ccccc1C(N)=O)[C@H](O)[C@@H](O)[C@@H](OCc1ccccc1C(N)=O)C(=O)N[C@H]1c2ccccc2C[C@H]1O[Si](C)(C)C(C)(C)C. The number of nitrogens with one attached hydrogen (secondary N) is 2. The van der Waals surface area contributed by atoms with Gasteiger partial charge in [-0.1, -0.05) is 126 Å². The third kappa shape index (κ3) is 11.7. The molecule has 8 N–H and O–H groups in total. The Bertz CT molecular complexity index is 2300. The molecule has 2 aliphatic rings. The molecule has 4 aromatic rings. The van der Waals surface area contributed by atoms with Crippen molar-refractivity contribution in [3.8, 4) is 0 Å². The van der Waals surface area contributed by atoms with E-state index in [4.69, 9.17) is 29.8 Å². The molecule has 4 amide bonds. The van der Waals surface area contributed by atoms with Crippen molar-refractivity contribution in [1.82, 2.24) is 10.6 Å². The number of rotatable bonds is 19. The first kappa shape index (κ1) is 52.3. The standard InChI is InChI=1S/C52H70N4O10Si2/c1-51(2,3)67(7,8)65-39-27-31-19-11-15-23-35(31)41(39)55-49(61)45(63-29-33-21-13-17-25-37(33)47(53)59)43(57)44(58)46(64-30-34-22-14-18-26-38(34)48(54)60)50(62)56-42-36-24-16-12-20-32(36)28-40(42)66-68(9,10)52(4,5)6/h11-26,39-46,57-58H,27-30H2,1-10H3,(H2,53,59)(H2,54,60)(H,55,61)(H,56,62)/t39-,40-,41+,42+,43-,44-,45-,46-/m1/s1. The van der Waals surface area contributed by atoms with Gasteiger partial charge in [0.05, 0.1) is 37.5 Å². The van der Waals surface area contributed by atoms with Crippen LogP contribution in [-0.2, 0) is 54.0 Å². The van der Waals surface area contributed by atoms with E-state index in [9.17, 15) is 29.4 Å². The summed E-state index contributed by atoms with van der Waals surface area (Å²) in [6, 6.07) is 26.9. The molecule has 6 rings (SSSR count). The first-order chi connectivity index (χ1) is 31.8. The molecule has 0 heterocycles. The number of aliphatic hydroxyl groups excluding tert-OH is 2. The summed E-state index contributed by atoms with van der Waals surface area (Å²) in [6.45, 7) is 20.6. The molecule has 0 fully saturated rings. The largest absolute Gasteiger partial charge is 0.411 e. The first-order valence-corrected chi connectivity index (χ1v) is 29.1. The van der Waals surface area contributed by atoms with Gasteiger partial charge in [-0.15, -0.1) is 0 Å². The minimum atomic E-state index is -2.40. The van der Waals surface area contributed by atoms with Gasteiger partial charge in [-0.05, 0) is 81.8 Å². The van der Waals surface area contributed by atoms with Crippen molar-refractivity contribution in [2.45, 2.75) is 153 Å². The zero-order chi connectivity index (χ0) is 49.9. The van der Waals surface area contributed by atoms with Gasteiger partial charge in [0.1, 0.15) is 12.2 Å². The Morgan fingerprint density at radius 1 is 0.574 bits per heavy atom. The van der Waals surface area contributed by atoms with Gasteiger partial charge in [0.25, 0.3) is 11.8 Å². The molecule has 2 aliphatic carbocycles. The Morgan fingerprint density at radius 3 is 1.24 bits per heavy atom. The van der Waals surface area contributed by atoms with E-state index < -0.39 is 89.0 Å². The van der Waals surface area contributed by atoms with Crippen LogP contribution in [0.25, 0.3) is 0 Å². The van der Waals surface area contributed by atoms with Gasteiger partial charge in [-0.2, -0.15) is 0 Å². The third-order valence-electron chi connectivity index (χ3n) is 14.4. The second-order valence-corrected chi connectivity index (χ2v) is 30.6. The van der Waals surface area contributed by atoms with Crippen LogP contribution in [-0.4, -0.2) is 87.1 Å². The van der Waals surface area contributed by atoms with E-state index in [1.54, 1.807) is 36.4 Å². The second kappa shape index (κ2) is 20.9. The van der Waals surface area contributed by atoms with E-state index in [-0.39, 0.29) is 34.4 Å². The fourth-order valence-corrected chi connectivity index (χ4v) is 11.1. The van der Waals surface area contributed by atoms with Crippen LogP contribution < -0.4 is 22.1 Å². The number of amides is 4. The Balaban J connectivity index is 1.38. The smallest absolute Gasteiger partial charge is 0.252 e. The third-order valence-corrected chi connectivity index (χ3v) is 23.4. The monoisotopic (exact) mass is 966 g/mol. The van der Waals surface area contributed by atoms with Crippen LogP contribution in [0.2, 0.25) is 36.3 Å². The molecule has 0 radical (unpaired) electrons. The summed E-state index contributed by atoms with van der Waals surface area (Å²) < 4.78 is 26.4. The molecule has 366 valence electrons. The van der Waals surface area contributed by atoms with Crippen LogP contribution in [0.3, 0.4) is 0 Å². The summed E-state index contributed by atoms with van der Waals surface area (Å²) in [6.07, 6.45) is -7.87. The molecule has 0 unspecified atom stereocenters. The quantitative estimate of drug-likeness (QED) is 0.0547. The molecule has 14 nitrogen and oxygen atoms in total. The van der Waals surface area contributed by atoms with Crippen LogP contribution in [0.15, 0.2) is 97.1 Å². The topological polar surface area (TPSA) is 222 Å². The second-order valence-electron chi connectivity index (χ2n) is 21.1. The Morgan fingerprint density at radius 2 is 0.897 bits per heavy atom. The molecule has 0 saturated heterocycles. The van der Waals surface area contributed by atoms with E-state index in [0.29, 0.717) is 24.0 Å². The summed E-state index contributed by atoms with van der Waals surface area (Å²) >= 11 is 0. The Labute approximate surface area is 402 Å². The summed E-state index contributed by atoms with van der Waals surface area (Å²) in [4.78, 5) is 54.8. The van der Waals surface area contributed by atoms with Crippen LogP contribution in [0, 0.1) is 0 Å². The number of hydrogen-bond acceptors (Lipinski definition) is 10. The molecule has 0 aliphatic heterocycles. The number of aliphatic hydroxyl groups is 2. The maximum Gasteiger partial charge on any atom is 0.252 e. The Kier molecular flexibility index (Phi) is 16.1. The van der Waals surface area contributed by atoms with Crippen LogP contribution in [0.5, 0.6) is 0 Å². The average Bonchev–Trinajstić information content (AvgIpc) is 3.78. The molecule has 0 bridgehead atoms. The van der Waals surface area contributed by atoms with Crippen molar-refractivity contribution in [3.05, 3.63) is 142 Å². The molecule has 16 heteroatoms. The molecule has 0 spiro atoms. The van der Waals surface area contributed by atoms with Crippen LogP contribution in [0.4, 0.5) is 0 Å². The molecule has 8 atom stereocenters. The highest BCUT2D eigenvalue weighted by molar-refractivity contribution is 6.74. The number of ether oxygens (including phenoxy) is 2. The van der Waals surface area contributed by atoms with Crippen molar-refractivity contribution in [2.75, 3.05) is 0 Å². The minimum absolute atomic E-state index is 0.134. The van der Waals surface area contributed by atoms with E-state index in [1.807, 2.05) is 48.5 Å². The lowest BCUT2D eigenvalue weighted by molar-refractivity contribution is -0.171. The fourth-order valence-electron chi connectivity index (χ4n) is 8.41. The Hall–Kier alpha value is -5.05. The normalized spacial score (nSPS) is 20.1. The lowest BCUT2D eigenvalue weighted by Gasteiger charge is -2.40. The summed E-state index contributed by atoms with van der Waals surface area (Å²) in [7, 11) is -4.80. The zero-order valence-electron chi connectivity index (χ0n) is 41.0. The van der Waals surface area contributed by atoms with E-state index >= 15 is 0 Å². The van der Waals surface area contributed by atoms with Gasteiger partial charge in [-0.25, -0.2) is 0 Å². The molecule has 68 heavy (non-hydrogen) atoms. The minimum Gasteiger partial charge on any atom is -0.411 e. The highest BCUT2D eigenvalue weighted by Crippen LogP contribution is 2.44. The molecule has 0 aromatic heterocycles. The van der Waals surface area contributed by atoms with Gasteiger partial charge < -0.3 is 50.6 Å². The molecule has 4 aromatic carbocycles. The number of primary amides is 2. The van der Waals surface area contributed by atoms with Gasteiger partial charge >= 0.3 is 0 Å². The van der Waals surface area contributed by atoms with E-state index in [2.05, 4.69) is 78.4 Å². The average molecular weight is 967 g/mol. The van der Waals surface area contributed by atoms with Crippen molar-refractivity contribution in [3.63, 3.8) is 0 Å². The van der Waals surface area contributed by atoms with E-state index in [0.717, 1.165) is 22.3 Å². The van der Waals surface area contributed by atoms with Crippen LogP contribution >= 0.6 is 0 Å². The highest BCUT2D eigenvalue weighted by Gasteiger charge is 2.48. The predicted octanol–water partition coefficient (Wildman–Crippen LogP) is 6.68. The summed E-state index contributed by atoms with van der Waals surface area (Å²) in [5.41, 5.74) is 16.0. The fraction of sp³-hybridized carbons (Fsp3) is 0.462. The zero-order valence-corrected chi connectivity index (χ0v) is 43.0. The predicted molar refractivity (Wildman–Crippen MR) is 265 cm³/mol. The lowest BCUT2D eigenvalue weighted by Crippen LogP contribution is -2.57. The number of nitrogens with two attached hydrogens (primary N) is 2. The number of hydrogen-bond donors (Lipinski definition) is 6. The van der Waals surface area contributed by atoms with Crippen molar-refractivity contribution >= 4 is 40.3 Å². The number of carbonyl (C=O) groups excluding carboxylic acids is 4. The van der Waals surface area contributed by atoms with Crippen molar-refractivity contribution < 1.29 is 47.7 Å². The summed E-state index contributed by atoms with van der Waals surface area (Å²) in [5.74, 6) is -3.09. The lowest BCUT2D eigenvalue weighted by atomic mass is 9.99. The van der Waals surface area contributed by atoms with Crippen molar-refractivity contribution in [2.24, 2.45) is 11.5 Å². The summed E-state index contributed by atoms with van der Waals surface area (Å²) in [5, 5.41) is 30.7. The van der Waals surface area contributed by atoms with Crippen molar-refractivity contribution in [1.29, 1.82) is 0 Å². The van der Waals surface area contributed by atoms with E-state index in [1.165, 1.54) is 12.1 Å². The molecular formula is C52H70N4O10Si2. The number of carbonyl (C=O) groups is 4. The highest BCUT2D eigenvalue weighted by atomic mass is 28.4. The maximum absolute atomic E-state index is 14.9. The maximum atomic E-state index is 14.9. The van der Waals surface area contributed by atoms with Gasteiger partial charge in [0.2, 0.25) is 11.8 Å². The van der Waals surface area contributed by atoms with Crippen LogP contribution in [0.1, 0.15) is 108 Å². The first-order valence-electron chi connectivity index (χ1n) is 23.3. The van der Waals surface area contributed by atoms with Gasteiger partial charge in [0.15, 0.2) is 28.8 Å². The number of fused-ring (bicyclic) bond motifs is 2. The van der Waals surface area contributed by atoms with Gasteiger partial charge in [0, 0.05) is 24.0 Å². The molecule has 0 saturated carbocycles. The van der Waals surface area contributed by atoms with Gasteiger partial charge in [-0.3, -0.25) is 19.2 Å². The number of benzene rings is 4.